The Morgan fingerprint density at radius 2 is 2.04 bits per heavy atom. The number of aromatic nitrogens is 4. The van der Waals surface area contributed by atoms with Crippen LogP contribution in [0.1, 0.15) is 30.5 Å². The van der Waals surface area contributed by atoms with E-state index in [0.29, 0.717) is 18.2 Å². The Morgan fingerprint density at radius 3 is 2.85 bits per heavy atom. The molecule has 132 valence electrons. The molecule has 0 fully saturated rings. The number of hydrogen-bond acceptors (Lipinski definition) is 4. The third-order valence-electron chi connectivity index (χ3n) is 4.65. The molecule has 1 aliphatic rings. The Kier molecular flexibility index (Phi) is 4.35. The summed E-state index contributed by atoms with van der Waals surface area (Å²) in [6, 6.07) is 10.1. The summed E-state index contributed by atoms with van der Waals surface area (Å²) in [7, 11) is 0. The van der Waals surface area contributed by atoms with E-state index in [1.807, 2.05) is 11.0 Å². The molecule has 1 atom stereocenters. The highest BCUT2D eigenvalue weighted by molar-refractivity contribution is 5.89. The molecule has 0 saturated carbocycles. The highest BCUT2D eigenvalue weighted by atomic mass is 16.2. The predicted octanol–water partition coefficient (Wildman–Crippen LogP) is 3.20. The fraction of sp³-hybridized carbons (Fsp3) is 0.263. The maximum atomic E-state index is 12.8. The van der Waals surface area contributed by atoms with Crippen molar-refractivity contribution in [1.82, 2.24) is 24.6 Å². The van der Waals surface area contributed by atoms with Crippen molar-refractivity contribution in [2.75, 3.05) is 11.9 Å². The molecule has 1 aliphatic heterocycles. The summed E-state index contributed by atoms with van der Waals surface area (Å²) in [6.07, 6.45) is 8.37. The van der Waals surface area contributed by atoms with Crippen LogP contribution in [-0.2, 0) is 6.42 Å². The zero-order chi connectivity index (χ0) is 17.9. The lowest BCUT2D eigenvalue weighted by atomic mass is 9.91. The van der Waals surface area contributed by atoms with E-state index in [-0.39, 0.29) is 12.1 Å². The molecule has 0 aliphatic carbocycles. The molecule has 1 unspecified atom stereocenters. The van der Waals surface area contributed by atoms with Gasteiger partial charge in [-0.1, -0.05) is 31.2 Å². The molecule has 26 heavy (non-hydrogen) atoms. The monoisotopic (exact) mass is 348 g/mol. The highest BCUT2D eigenvalue weighted by Crippen LogP contribution is 2.32. The van der Waals surface area contributed by atoms with Gasteiger partial charge in [0.05, 0.1) is 24.1 Å². The van der Waals surface area contributed by atoms with E-state index in [1.54, 1.807) is 35.5 Å². The number of rotatable bonds is 3. The maximum Gasteiger partial charge on any atom is 0.322 e. The van der Waals surface area contributed by atoms with Crippen LogP contribution in [0.15, 0.2) is 55.1 Å². The molecule has 0 bridgehead atoms. The summed E-state index contributed by atoms with van der Waals surface area (Å²) < 4.78 is 1.54. The Morgan fingerprint density at radius 1 is 1.23 bits per heavy atom. The Bertz CT molecular complexity index is 907. The van der Waals surface area contributed by atoms with Crippen molar-refractivity contribution in [1.29, 1.82) is 0 Å². The first-order chi connectivity index (χ1) is 12.8. The van der Waals surface area contributed by atoms with Gasteiger partial charge in [-0.15, -0.1) is 0 Å². The SMILES string of the molecule is CCC1c2ccccc2CCN1C(=O)Nc1cnn(-c2ncccn2)c1. The molecule has 0 saturated heterocycles. The van der Waals surface area contributed by atoms with E-state index in [2.05, 4.69) is 45.5 Å². The largest absolute Gasteiger partial charge is 0.322 e. The van der Waals surface area contributed by atoms with Gasteiger partial charge in [-0.2, -0.15) is 5.10 Å². The van der Waals surface area contributed by atoms with Crippen LogP contribution in [0, 0.1) is 0 Å². The average molecular weight is 348 g/mol. The van der Waals surface area contributed by atoms with Crippen molar-refractivity contribution in [2.24, 2.45) is 0 Å². The van der Waals surface area contributed by atoms with Crippen LogP contribution >= 0.6 is 0 Å². The van der Waals surface area contributed by atoms with E-state index in [4.69, 9.17) is 0 Å². The van der Waals surface area contributed by atoms with Crippen molar-refractivity contribution < 1.29 is 4.79 Å². The quantitative estimate of drug-likeness (QED) is 0.788. The molecule has 3 heterocycles. The van der Waals surface area contributed by atoms with Gasteiger partial charge in [0.25, 0.3) is 0 Å². The number of benzene rings is 1. The van der Waals surface area contributed by atoms with Crippen molar-refractivity contribution in [3.63, 3.8) is 0 Å². The standard InChI is InChI=1S/C19H20N6O/c1-2-17-16-7-4-3-6-14(16)8-11-24(17)19(26)23-15-12-22-25(13-15)18-20-9-5-10-21-18/h3-7,9-10,12-13,17H,2,8,11H2,1H3,(H,23,26). The van der Waals surface area contributed by atoms with Gasteiger partial charge in [-0.05, 0) is 30.0 Å². The summed E-state index contributed by atoms with van der Waals surface area (Å²) in [5.41, 5.74) is 3.19. The number of amides is 2. The molecular weight excluding hydrogens is 328 g/mol. The number of anilines is 1. The normalized spacial score (nSPS) is 16.2. The summed E-state index contributed by atoms with van der Waals surface area (Å²) in [4.78, 5) is 23.0. The lowest BCUT2D eigenvalue weighted by molar-refractivity contribution is 0.180. The lowest BCUT2D eigenvalue weighted by Crippen LogP contribution is -2.42. The average Bonchev–Trinajstić information content (AvgIpc) is 3.16. The van der Waals surface area contributed by atoms with E-state index in [9.17, 15) is 4.79 Å². The zero-order valence-electron chi connectivity index (χ0n) is 14.5. The molecule has 0 spiro atoms. The van der Waals surface area contributed by atoms with Gasteiger partial charge in [0.15, 0.2) is 0 Å². The number of urea groups is 1. The van der Waals surface area contributed by atoms with Gasteiger partial charge in [0.1, 0.15) is 0 Å². The van der Waals surface area contributed by atoms with Gasteiger partial charge < -0.3 is 10.2 Å². The Balaban J connectivity index is 1.51. The molecule has 2 amide bonds. The van der Waals surface area contributed by atoms with E-state index < -0.39 is 0 Å². The second kappa shape index (κ2) is 6.95. The predicted molar refractivity (Wildman–Crippen MR) is 98.1 cm³/mol. The smallest absolute Gasteiger partial charge is 0.317 e. The molecule has 2 aromatic heterocycles. The van der Waals surface area contributed by atoms with Gasteiger partial charge in [-0.3, -0.25) is 0 Å². The molecule has 0 radical (unpaired) electrons. The fourth-order valence-corrected chi connectivity index (χ4v) is 3.44. The van der Waals surface area contributed by atoms with Gasteiger partial charge in [0.2, 0.25) is 5.95 Å². The first kappa shape index (κ1) is 16.3. The molecule has 3 aromatic rings. The van der Waals surface area contributed by atoms with Crippen molar-refractivity contribution in [3.8, 4) is 5.95 Å². The van der Waals surface area contributed by atoms with Crippen LogP contribution in [0.4, 0.5) is 10.5 Å². The van der Waals surface area contributed by atoms with Crippen LogP contribution in [-0.4, -0.2) is 37.2 Å². The number of carbonyl (C=O) groups excluding carboxylic acids is 1. The summed E-state index contributed by atoms with van der Waals surface area (Å²) in [5, 5.41) is 7.16. The number of hydrogen-bond donors (Lipinski definition) is 1. The minimum absolute atomic E-state index is 0.0902. The molecule has 4 rings (SSSR count). The van der Waals surface area contributed by atoms with Gasteiger partial charge in [-0.25, -0.2) is 19.4 Å². The summed E-state index contributed by atoms with van der Waals surface area (Å²) >= 11 is 0. The second-order valence-corrected chi connectivity index (χ2v) is 6.22. The first-order valence-electron chi connectivity index (χ1n) is 8.73. The molecule has 1 aromatic carbocycles. The van der Waals surface area contributed by atoms with Crippen LogP contribution in [0.25, 0.3) is 5.95 Å². The van der Waals surface area contributed by atoms with Crippen LogP contribution in [0.5, 0.6) is 0 Å². The number of carbonyl (C=O) groups is 1. The number of fused-ring (bicyclic) bond motifs is 1. The van der Waals surface area contributed by atoms with Crippen LogP contribution < -0.4 is 5.32 Å². The molecule has 7 nitrogen and oxygen atoms in total. The van der Waals surface area contributed by atoms with Crippen molar-refractivity contribution in [3.05, 3.63) is 66.2 Å². The summed E-state index contributed by atoms with van der Waals surface area (Å²) in [5.74, 6) is 0.464. The molecule has 7 heteroatoms. The Labute approximate surface area is 151 Å². The topological polar surface area (TPSA) is 75.9 Å². The minimum Gasteiger partial charge on any atom is -0.317 e. The number of nitrogens with one attached hydrogen (secondary N) is 1. The van der Waals surface area contributed by atoms with E-state index in [0.717, 1.165) is 12.8 Å². The van der Waals surface area contributed by atoms with Crippen molar-refractivity contribution in [2.45, 2.75) is 25.8 Å². The van der Waals surface area contributed by atoms with Crippen LogP contribution in [0.2, 0.25) is 0 Å². The fourth-order valence-electron chi connectivity index (χ4n) is 3.44. The molecular formula is C19H20N6O. The third kappa shape index (κ3) is 3.03. The zero-order valence-corrected chi connectivity index (χ0v) is 14.5. The first-order valence-corrected chi connectivity index (χ1v) is 8.73. The highest BCUT2D eigenvalue weighted by Gasteiger charge is 2.29. The molecule has 1 N–H and O–H groups in total. The van der Waals surface area contributed by atoms with E-state index in [1.165, 1.54) is 11.1 Å². The van der Waals surface area contributed by atoms with Crippen molar-refractivity contribution >= 4 is 11.7 Å². The number of nitrogens with zero attached hydrogens (tertiary/aromatic N) is 5. The second-order valence-electron chi connectivity index (χ2n) is 6.22. The van der Waals surface area contributed by atoms with Gasteiger partial charge >= 0.3 is 6.03 Å². The third-order valence-corrected chi connectivity index (χ3v) is 4.65. The van der Waals surface area contributed by atoms with E-state index >= 15 is 0 Å². The van der Waals surface area contributed by atoms with Crippen LogP contribution in [0.3, 0.4) is 0 Å². The van der Waals surface area contributed by atoms with Gasteiger partial charge in [0, 0.05) is 18.9 Å². The maximum absolute atomic E-state index is 12.8. The Hall–Kier alpha value is -3.22. The minimum atomic E-state index is -0.111. The lowest BCUT2D eigenvalue weighted by Gasteiger charge is -2.36. The summed E-state index contributed by atoms with van der Waals surface area (Å²) in [6.45, 7) is 2.81.